The van der Waals surface area contributed by atoms with Crippen molar-refractivity contribution >= 4 is 17.3 Å². The van der Waals surface area contributed by atoms with Gasteiger partial charge >= 0.3 is 0 Å². The molecule has 0 spiro atoms. The number of rotatable bonds is 7. The summed E-state index contributed by atoms with van der Waals surface area (Å²) < 4.78 is 0. The van der Waals surface area contributed by atoms with Crippen LogP contribution in [-0.2, 0) is 4.79 Å². The molecule has 0 aromatic heterocycles. The van der Waals surface area contributed by atoms with E-state index in [0.717, 1.165) is 31.4 Å². The van der Waals surface area contributed by atoms with E-state index in [-0.39, 0.29) is 18.2 Å². The van der Waals surface area contributed by atoms with Gasteiger partial charge in [0, 0.05) is 37.7 Å². The fourth-order valence-corrected chi connectivity index (χ4v) is 3.15. The largest absolute Gasteiger partial charge is 0.396 e. The zero-order valence-electron chi connectivity index (χ0n) is 14.0. The Hall–Kier alpha value is -1.99. The fraction of sp³-hybridized carbons (Fsp3) is 0.588. The molecular weight excluding hydrogens is 310 g/mol. The normalized spacial score (nSPS) is 18.3. The topological polar surface area (TPSA) is 95.7 Å². The maximum absolute atomic E-state index is 12.2. The van der Waals surface area contributed by atoms with Gasteiger partial charge in [0.2, 0.25) is 5.91 Å². The number of nitro benzene ring substituents is 1. The minimum Gasteiger partial charge on any atom is -0.396 e. The molecule has 2 rings (SSSR count). The summed E-state index contributed by atoms with van der Waals surface area (Å²) in [6.45, 7) is 3.57. The Bertz CT molecular complexity index is 589. The van der Waals surface area contributed by atoms with E-state index >= 15 is 0 Å². The van der Waals surface area contributed by atoms with E-state index in [2.05, 4.69) is 10.2 Å². The highest BCUT2D eigenvalue weighted by atomic mass is 16.6. The lowest BCUT2D eigenvalue weighted by molar-refractivity contribution is -0.384. The van der Waals surface area contributed by atoms with Gasteiger partial charge in [-0.05, 0) is 38.3 Å². The highest BCUT2D eigenvalue weighted by Crippen LogP contribution is 2.23. The zero-order valence-corrected chi connectivity index (χ0v) is 14.0. The second-order valence-corrected chi connectivity index (χ2v) is 6.25. The number of carbonyl (C=O) groups excluding carboxylic acids is 1. The second-order valence-electron chi connectivity index (χ2n) is 6.25. The van der Waals surface area contributed by atoms with Gasteiger partial charge in [0.25, 0.3) is 5.69 Å². The van der Waals surface area contributed by atoms with Crippen molar-refractivity contribution in [3.05, 3.63) is 33.9 Å². The number of anilines is 1. The number of benzene rings is 1. The van der Waals surface area contributed by atoms with Crippen molar-refractivity contribution in [2.75, 3.05) is 25.0 Å². The van der Waals surface area contributed by atoms with Gasteiger partial charge in [0.15, 0.2) is 0 Å². The zero-order chi connectivity index (χ0) is 17.5. The van der Waals surface area contributed by atoms with Crippen molar-refractivity contribution < 1.29 is 14.8 Å². The fourth-order valence-electron chi connectivity index (χ4n) is 3.15. The first-order valence-electron chi connectivity index (χ1n) is 8.41. The van der Waals surface area contributed by atoms with Crippen LogP contribution in [0.1, 0.15) is 37.7 Å². The first-order valence-corrected chi connectivity index (χ1v) is 8.41. The molecule has 7 nitrogen and oxygen atoms in total. The highest BCUT2D eigenvalue weighted by molar-refractivity contribution is 5.92. The number of aliphatic hydroxyl groups is 1. The van der Waals surface area contributed by atoms with Crippen LogP contribution in [-0.4, -0.2) is 46.6 Å². The molecule has 24 heavy (non-hydrogen) atoms. The molecule has 7 heteroatoms. The number of nitrogens with one attached hydrogen (secondary N) is 1. The number of amides is 1. The molecule has 1 unspecified atom stereocenters. The van der Waals surface area contributed by atoms with Gasteiger partial charge in [0.1, 0.15) is 0 Å². The summed E-state index contributed by atoms with van der Waals surface area (Å²) in [5.41, 5.74) is 1.25. The third-order valence-corrected chi connectivity index (χ3v) is 4.54. The minimum absolute atomic E-state index is 0.0325. The first-order chi connectivity index (χ1) is 11.5. The number of nitrogens with zero attached hydrogens (tertiary/aromatic N) is 2. The number of carbonyl (C=O) groups is 1. The van der Waals surface area contributed by atoms with Gasteiger partial charge in [0.05, 0.1) is 10.6 Å². The summed E-state index contributed by atoms with van der Waals surface area (Å²) in [5, 5.41) is 22.8. The van der Waals surface area contributed by atoms with Crippen molar-refractivity contribution in [2.45, 2.75) is 45.1 Å². The van der Waals surface area contributed by atoms with Crippen molar-refractivity contribution in [1.29, 1.82) is 0 Å². The number of piperidine rings is 1. The summed E-state index contributed by atoms with van der Waals surface area (Å²) in [6, 6.07) is 4.80. The van der Waals surface area contributed by atoms with E-state index in [1.807, 2.05) is 0 Å². The molecule has 1 saturated heterocycles. The summed E-state index contributed by atoms with van der Waals surface area (Å²) in [5.74, 6) is -0.146. The first kappa shape index (κ1) is 18.4. The molecule has 1 heterocycles. The predicted octanol–water partition coefficient (Wildman–Crippen LogP) is 2.47. The Morgan fingerprint density at radius 1 is 1.46 bits per heavy atom. The Balaban J connectivity index is 1.91. The monoisotopic (exact) mass is 335 g/mol. The number of non-ortho nitro benzene ring substituents is 1. The van der Waals surface area contributed by atoms with Gasteiger partial charge in [-0.3, -0.25) is 19.8 Å². The molecule has 0 saturated carbocycles. The number of aliphatic hydroxyl groups excluding tert-OH is 1. The summed E-state index contributed by atoms with van der Waals surface area (Å²) in [4.78, 5) is 24.8. The van der Waals surface area contributed by atoms with Crippen LogP contribution in [0.25, 0.3) is 0 Å². The molecule has 1 amide bonds. The molecular formula is C17H25N3O4. The van der Waals surface area contributed by atoms with Crippen LogP contribution in [0.5, 0.6) is 0 Å². The summed E-state index contributed by atoms with van der Waals surface area (Å²) >= 11 is 0. The molecule has 1 fully saturated rings. The lowest BCUT2D eigenvalue weighted by Gasteiger charge is -2.35. The molecule has 1 atom stereocenters. The van der Waals surface area contributed by atoms with Gasteiger partial charge in [-0.15, -0.1) is 0 Å². The van der Waals surface area contributed by atoms with E-state index in [1.165, 1.54) is 18.6 Å². The number of hydrogen-bond acceptors (Lipinski definition) is 5. The highest BCUT2D eigenvalue weighted by Gasteiger charge is 2.22. The number of aryl methyl sites for hydroxylation is 1. The van der Waals surface area contributed by atoms with Gasteiger partial charge in [-0.25, -0.2) is 0 Å². The number of nitro groups is 1. The smallest absolute Gasteiger partial charge is 0.271 e. The van der Waals surface area contributed by atoms with Gasteiger partial charge < -0.3 is 10.4 Å². The Morgan fingerprint density at radius 2 is 2.25 bits per heavy atom. The van der Waals surface area contributed by atoms with Crippen LogP contribution in [0.3, 0.4) is 0 Å². The van der Waals surface area contributed by atoms with Crippen LogP contribution in [0.4, 0.5) is 11.4 Å². The molecule has 0 bridgehead atoms. The molecule has 1 aromatic carbocycles. The Labute approximate surface area is 141 Å². The van der Waals surface area contributed by atoms with Crippen molar-refractivity contribution in [3.8, 4) is 0 Å². The Kier molecular flexibility index (Phi) is 6.69. The standard InChI is InChI=1S/C17H25N3O4/c1-13-5-6-15(20(23)24)12-16(13)18-17(22)7-10-19-9-3-2-4-14(19)8-11-21/h5-6,12,14,21H,2-4,7-11H2,1H3,(H,18,22). The van der Waals surface area contributed by atoms with E-state index < -0.39 is 4.92 Å². The molecule has 1 aromatic rings. The van der Waals surface area contributed by atoms with Crippen LogP contribution in [0.15, 0.2) is 18.2 Å². The summed E-state index contributed by atoms with van der Waals surface area (Å²) in [6.07, 6.45) is 4.43. The lowest BCUT2D eigenvalue weighted by atomic mass is 9.99. The van der Waals surface area contributed by atoms with E-state index in [4.69, 9.17) is 5.11 Å². The van der Waals surface area contributed by atoms with E-state index in [9.17, 15) is 14.9 Å². The molecule has 1 aliphatic heterocycles. The third-order valence-electron chi connectivity index (χ3n) is 4.54. The second kappa shape index (κ2) is 8.75. The molecule has 1 aliphatic rings. The maximum Gasteiger partial charge on any atom is 0.271 e. The molecule has 0 radical (unpaired) electrons. The Morgan fingerprint density at radius 3 is 2.96 bits per heavy atom. The SMILES string of the molecule is Cc1ccc([N+](=O)[O-])cc1NC(=O)CCN1CCCCC1CCO. The van der Waals surface area contributed by atoms with E-state index in [1.54, 1.807) is 13.0 Å². The van der Waals surface area contributed by atoms with Gasteiger partial charge in [-0.2, -0.15) is 0 Å². The van der Waals surface area contributed by atoms with Crippen LogP contribution in [0.2, 0.25) is 0 Å². The third kappa shape index (κ3) is 5.01. The van der Waals surface area contributed by atoms with Crippen LogP contribution in [0, 0.1) is 17.0 Å². The predicted molar refractivity (Wildman–Crippen MR) is 92.0 cm³/mol. The molecule has 0 aliphatic carbocycles. The average molecular weight is 335 g/mol. The van der Waals surface area contributed by atoms with E-state index in [0.29, 0.717) is 24.7 Å². The summed E-state index contributed by atoms with van der Waals surface area (Å²) in [7, 11) is 0. The maximum atomic E-state index is 12.2. The van der Waals surface area contributed by atoms with Crippen LogP contribution >= 0.6 is 0 Å². The van der Waals surface area contributed by atoms with Crippen molar-refractivity contribution in [1.82, 2.24) is 4.90 Å². The quantitative estimate of drug-likeness (QED) is 0.589. The molecule has 132 valence electrons. The van der Waals surface area contributed by atoms with Crippen molar-refractivity contribution in [2.24, 2.45) is 0 Å². The van der Waals surface area contributed by atoms with Gasteiger partial charge in [-0.1, -0.05) is 12.5 Å². The van der Waals surface area contributed by atoms with Crippen molar-refractivity contribution in [3.63, 3.8) is 0 Å². The minimum atomic E-state index is -0.470. The molecule has 2 N–H and O–H groups in total. The van der Waals surface area contributed by atoms with Crippen LogP contribution < -0.4 is 5.32 Å². The number of hydrogen-bond donors (Lipinski definition) is 2. The number of likely N-dealkylation sites (tertiary alicyclic amines) is 1. The average Bonchev–Trinajstić information content (AvgIpc) is 2.56. The lowest BCUT2D eigenvalue weighted by Crippen LogP contribution is -2.41.